The Balaban J connectivity index is 1.75. The van der Waals surface area contributed by atoms with Crippen molar-refractivity contribution in [1.82, 2.24) is 14.4 Å². The molecule has 0 fully saturated rings. The number of amides is 2. The SMILES string of the molecule is CCCCN(Cc1cccn1Cc1ccc(Br)cc1)C(=O)CN(CCCOC)C(=O)c1ccc(Cl)cc1. The Morgan fingerprint density at radius 3 is 2.35 bits per heavy atom. The lowest BCUT2D eigenvalue weighted by molar-refractivity contribution is -0.132. The van der Waals surface area contributed by atoms with Gasteiger partial charge in [-0.25, -0.2) is 0 Å². The first kappa shape index (κ1) is 29.0. The van der Waals surface area contributed by atoms with E-state index >= 15 is 0 Å². The molecule has 0 spiro atoms. The van der Waals surface area contributed by atoms with Crippen LogP contribution in [0.1, 0.15) is 47.8 Å². The van der Waals surface area contributed by atoms with Crippen molar-refractivity contribution < 1.29 is 14.3 Å². The number of ether oxygens (including phenoxy) is 1. The largest absolute Gasteiger partial charge is 0.385 e. The molecule has 0 N–H and O–H groups in total. The molecule has 0 radical (unpaired) electrons. The minimum atomic E-state index is -0.185. The highest BCUT2D eigenvalue weighted by molar-refractivity contribution is 9.10. The Morgan fingerprint density at radius 2 is 1.68 bits per heavy atom. The third kappa shape index (κ3) is 9.02. The number of unbranched alkanes of at least 4 members (excludes halogenated alkanes) is 1. The Bertz CT molecular complexity index is 1130. The van der Waals surface area contributed by atoms with Crippen LogP contribution in [0.3, 0.4) is 0 Å². The second-order valence-corrected chi connectivity index (χ2v) is 10.4. The van der Waals surface area contributed by atoms with Crippen LogP contribution in [0.5, 0.6) is 0 Å². The van der Waals surface area contributed by atoms with Gasteiger partial charge in [-0.15, -0.1) is 0 Å². The van der Waals surface area contributed by atoms with Crippen LogP contribution in [0.15, 0.2) is 71.3 Å². The maximum atomic E-state index is 13.6. The predicted molar refractivity (Wildman–Crippen MR) is 152 cm³/mol. The highest BCUT2D eigenvalue weighted by atomic mass is 79.9. The van der Waals surface area contributed by atoms with E-state index in [2.05, 4.69) is 45.6 Å². The molecule has 198 valence electrons. The molecule has 1 aromatic heterocycles. The van der Waals surface area contributed by atoms with Gasteiger partial charge in [0.05, 0.1) is 6.54 Å². The van der Waals surface area contributed by atoms with Gasteiger partial charge in [-0.3, -0.25) is 9.59 Å². The van der Waals surface area contributed by atoms with Crippen LogP contribution < -0.4 is 0 Å². The van der Waals surface area contributed by atoms with Crippen molar-refractivity contribution in [1.29, 1.82) is 0 Å². The number of carbonyl (C=O) groups is 2. The quantitative estimate of drug-likeness (QED) is 0.209. The summed E-state index contributed by atoms with van der Waals surface area (Å²) >= 11 is 9.49. The van der Waals surface area contributed by atoms with Crippen molar-refractivity contribution >= 4 is 39.3 Å². The normalized spacial score (nSPS) is 10.9. The maximum absolute atomic E-state index is 13.6. The molecule has 0 aliphatic heterocycles. The van der Waals surface area contributed by atoms with Gasteiger partial charge in [0.25, 0.3) is 5.91 Å². The van der Waals surface area contributed by atoms with E-state index in [1.807, 2.05) is 29.3 Å². The van der Waals surface area contributed by atoms with Gasteiger partial charge in [0.1, 0.15) is 6.54 Å². The molecule has 0 atom stereocenters. The number of nitrogens with zero attached hydrogens (tertiary/aromatic N) is 3. The lowest BCUT2D eigenvalue weighted by Gasteiger charge is -2.28. The summed E-state index contributed by atoms with van der Waals surface area (Å²) in [5.41, 5.74) is 2.75. The molecule has 0 saturated carbocycles. The molecule has 8 heteroatoms. The fourth-order valence-corrected chi connectivity index (χ4v) is 4.45. The van der Waals surface area contributed by atoms with Crippen molar-refractivity contribution in [2.45, 2.75) is 39.3 Å². The van der Waals surface area contributed by atoms with Crippen molar-refractivity contribution in [2.75, 3.05) is 33.4 Å². The van der Waals surface area contributed by atoms with E-state index < -0.39 is 0 Å². The highest BCUT2D eigenvalue weighted by Crippen LogP contribution is 2.16. The maximum Gasteiger partial charge on any atom is 0.254 e. The fraction of sp³-hybridized carbons (Fsp3) is 0.379. The molecule has 6 nitrogen and oxygen atoms in total. The van der Waals surface area contributed by atoms with Gasteiger partial charge in [0, 0.05) is 60.3 Å². The van der Waals surface area contributed by atoms with Crippen LogP contribution in [0.4, 0.5) is 0 Å². The van der Waals surface area contributed by atoms with Gasteiger partial charge in [-0.05, 0) is 66.9 Å². The zero-order valence-electron chi connectivity index (χ0n) is 21.5. The summed E-state index contributed by atoms with van der Waals surface area (Å²) in [6.07, 6.45) is 4.56. The van der Waals surface area contributed by atoms with Crippen LogP contribution in [-0.2, 0) is 22.6 Å². The Hall–Kier alpha value is -2.61. The standard InChI is InChI=1S/C29H35BrClN3O3/c1-3-4-16-33(21-27-7-5-17-32(27)20-23-8-12-25(30)13-9-23)28(35)22-34(18-6-19-37-2)29(36)24-10-14-26(31)15-11-24/h5,7-15,17H,3-4,6,16,18-22H2,1-2H3. The highest BCUT2D eigenvalue weighted by Gasteiger charge is 2.23. The molecule has 2 aromatic carbocycles. The molecule has 0 bridgehead atoms. The molecular weight excluding hydrogens is 554 g/mol. The van der Waals surface area contributed by atoms with Crippen LogP contribution in [0.25, 0.3) is 0 Å². The lowest BCUT2D eigenvalue weighted by atomic mass is 10.2. The fourth-order valence-electron chi connectivity index (χ4n) is 4.06. The van der Waals surface area contributed by atoms with Crippen LogP contribution in [0.2, 0.25) is 5.02 Å². The Labute approximate surface area is 233 Å². The first-order chi connectivity index (χ1) is 17.9. The average Bonchev–Trinajstić information content (AvgIpc) is 3.33. The third-order valence-corrected chi connectivity index (χ3v) is 6.94. The minimum absolute atomic E-state index is 0.0162. The number of hydrogen-bond donors (Lipinski definition) is 0. The van der Waals surface area contributed by atoms with Gasteiger partial charge in [-0.1, -0.05) is 53.0 Å². The summed E-state index contributed by atoms with van der Waals surface area (Å²) < 4.78 is 8.40. The summed E-state index contributed by atoms with van der Waals surface area (Å²) in [6.45, 7) is 4.93. The average molecular weight is 589 g/mol. The van der Waals surface area contributed by atoms with E-state index in [1.165, 1.54) is 5.56 Å². The molecular formula is C29H35BrClN3O3. The van der Waals surface area contributed by atoms with Gasteiger partial charge < -0.3 is 19.1 Å². The zero-order valence-corrected chi connectivity index (χ0v) is 23.9. The second kappa shape index (κ2) is 15.0. The minimum Gasteiger partial charge on any atom is -0.385 e. The molecule has 3 rings (SSSR count). The Morgan fingerprint density at radius 1 is 0.973 bits per heavy atom. The van der Waals surface area contributed by atoms with Gasteiger partial charge in [0.2, 0.25) is 5.91 Å². The van der Waals surface area contributed by atoms with Crippen molar-refractivity contribution in [3.63, 3.8) is 0 Å². The molecule has 0 saturated heterocycles. The molecule has 3 aromatic rings. The summed E-state index contributed by atoms with van der Waals surface area (Å²) in [6, 6.07) is 19.1. The van der Waals surface area contributed by atoms with Gasteiger partial charge in [-0.2, -0.15) is 0 Å². The summed E-state index contributed by atoms with van der Waals surface area (Å²) in [5.74, 6) is -0.250. The first-order valence-corrected chi connectivity index (χ1v) is 13.8. The number of carbonyl (C=O) groups excluding carboxylic acids is 2. The number of rotatable bonds is 14. The topological polar surface area (TPSA) is 54.8 Å². The van der Waals surface area contributed by atoms with E-state index in [0.717, 1.165) is 29.6 Å². The second-order valence-electron chi connectivity index (χ2n) is 9.00. The molecule has 0 aliphatic carbocycles. The first-order valence-electron chi connectivity index (χ1n) is 12.6. The Kier molecular flexibility index (Phi) is 11.7. The van der Waals surface area contributed by atoms with Crippen LogP contribution in [0, 0.1) is 0 Å². The van der Waals surface area contributed by atoms with Gasteiger partial charge >= 0.3 is 0 Å². The number of benzene rings is 2. The van der Waals surface area contributed by atoms with Crippen LogP contribution in [-0.4, -0.2) is 59.5 Å². The van der Waals surface area contributed by atoms with E-state index in [-0.39, 0.29) is 18.4 Å². The molecule has 0 unspecified atom stereocenters. The molecule has 2 amide bonds. The number of hydrogen-bond acceptors (Lipinski definition) is 3. The smallest absolute Gasteiger partial charge is 0.254 e. The van der Waals surface area contributed by atoms with Crippen molar-refractivity contribution in [3.05, 3.63) is 93.2 Å². The molecule has 0 aliphatic rings. The summed E-state index contributed by atoms with van der Waals surface area (Å²) in [4.78, 5) is 30.4. The zero-order chi connectivity index (χ0) is 26.6. The number of aromatic nitrogens is 1. The number of methoxy groups -OCH3 is 1. The summed E-state index contributed by atoms with van der Waals surface area (Å²) in [7, 11) is 1.63. The van der Waals surface area contributed by atoms with E-state index in [9.17, 15) is 9.59 Å². The summed E-state index contributed by atoms with van der Waals surface area (Å²) in [5, 5.41) is 0.565. The lowest BCUT2D eigenvalue weighted by Crippen LogP contribution is -2.43. The van der Waals surface area contributed by atoms with Crippen molar-refractivity contribution in [2.24, 2.45) is 0 Å². The predicted octanol–water partition coefficient (Wildman–Crippen LogP) is 6.26. The van der Waals surface area contributed by atoms with Gasteiger partial charge in [0.15, 0.2) is 0 Å². The van der Waals surface area contributed by atoms with E-state index in [0.29, 0.717) is 43.2 Å². The van der Waals surface area contributed by atoms with E-state index in [4.69, 9.17) is 16.3 Å². The van der Waals surface area contributed by atoms with Crippen molar-refractivity contribution in [3.8, 4) is 0 Å². The molecule has 1 heterocycles. The number of halogens is 2. The monoisotopic (exact) mass is 587 g/mol. The third-order valence-electron chi connectivity index (χ3n) is 6.16. The van der Waals surface area contributed by atoms with Crippen LogP contribution >= 0.6 is 27.5 Å². The molecule has 37 heavy (non-hydrogen) atoms. The van der Waals surface area contributed by atoms with E-state index in [1.54, 1.807) is 36.3 Å².